The van der Waals surface area contributed by atoms with Crippen LogP contribution in [0.5, 0.6) is 0 Å². The Kier molecular flexibility index (Phi) is 5.08. The van der Waals surface area contributed by atoms with Crippen molar-refractivity contribution in [3.8, 4) is 11.3 Å². The maximum Gasteiger partial charge on any atom is 0.276 e. The van der Waals surface area contributed by atoms with Crippen molar-refractivity contribution in [2.24, 2.45) is 7.05 Å². The van der Waals surface area contributed by atoms with E-state index in [0.717, 1.165) is 30.0 Å². The Morgan fingerprint density at radius 1 is 1.11 bits per heavy atom. The molecular weight excluding hydrogens is 359 g/mol. The molecule has 1 aliphatic rings. The number of hydrogen-bond donors (Lipinski definition) is 1. The second kappa shape index (κ2) is 7.82. The predicted octanol–water partition coefficient (Wildman–Crippen LogP) is 3.32. The second-order valence-corrected chi connectivity index (χ2v) is 6.65. The molecule has 28 heavy (non-hydrogen) atoms. The van der Waals surface area contributed by atoms with Crippen LogP contribution < -0.4 is 10.2 Å². The Morgan fingerprint density at radius 3 is 2.61 bits per heavy atom. The summed E-state index contributed by atoms with van der Waals surface area (Å²) in [7, 11) is 1.76. The van der Waals surface area contributed by atoms with Gasteiger partial charge < -0.3 is 15.0 Å². The number of hydrogen-bond acceptors (Lipinski definition) is 4. The van der Waals surface area contributed by atoms with E-state index in [2.05, 4.69) is 15.3 Å². The molecule has 1 N–H and O–H groups in total. The van der Waals surface area contributed by atoms with Crippen molar-refractivity contribution in [3.05, 3.63) is 66.1 Å². The van der Waals surface area contributed by atoms with Gasteiger partial charge in [-0.3, -0.25) is 9.48 Å². The van der Waals surface area contributed by atoms with Gasteiger partial charge in [0, 0.05) is 31.5 Å². The molecule has 1 saturated heterocycles. The standard InChI is InChI=1S/C21H21FN4O2/c1-25-20(15-5-7-16(22)8-6-15)14-19(24-25)21(27)23-17-3-2-4-18(13-17)26-9-11-28-12-10-26/h2-8,13-14H,9-12H2,1H3,(H,23,27). The highest BCUT2D eigenvalue weighted by Crippen LogP contribution is 2.23. The molecule has 144 valence electrons. The van der Waals surface area contributed by atoms with Gasteiger partial charge in [-0.15, -0.1) is 0 Å². The SMILES string of the molecule is Cn1nc(C(=O)Nc2cccc(N3CCOCC3)c2)cc1-c1ccc(F)cc1. The molecule has 0 saturated carbocycles. The van der Waals surface area contributed by atoms with Crippen molar-refractivity contribution >= 4 is 17.3 Å². The average molecular weight is 380 g/mol. The highest BCUT2D eigenvalue weighted by molar-refractivity contribution is 6.03. The largest absolute Gasteiger partial charge is 0.378 e. The number of anilines is 2. The molecule has 4 rings (SSSR count). The normalized spacial score (nSPS) is 14.1. The number of ether oxygens (including phenoxy) is 1. The van der Waals surface area contributed by atoms with Crippen molar-refractivity contribution < 1.29 is 13.9 Å². The number of benzene rings is 2. The van der Waals surface area contributed by atoms with E-state index < -0.39 is 0 Å². The van der Waals surface area contributed by atoms with Gasteiger partial charge in [0.05, 0.1) is 18.9 Å². The van der Waals surface area contributed by atoms with Crippen molar-refractivity contribution in [2.75, 3.05) is 36.5 Å². The van der Waals surface area contributed by atoms with Crippen LogP contribution in [0.1, 0.15) is 10.5 Å². The molecule has 2 heterocycles. The van der Waals surface area contributed by atoms with Crippen LogP contribution in [0.2, 0.25) is 0 Å². The van der Waals surface area contributed by atoms with Crippen LogP contribution in [0, 0.1) is 5.82 Å². The smallest absolute Gasteiger partial charge is 0.276 e. The monoisotopic (exact) mass is 380 g/mol. The highest BCUT2D eigenvalue weighted by Gasteiger charge is 2.16. The van der Waals surface area contributed by atoms with E-state index in [1.807, 2.05) is 24.3 Å². The molecule has 0 spiro atoms. The number of amides is 1. The minimum Gasteiger partial charge on any atom is -0.378 e. The van der Waals surface area contributed by atoms with Crippen molar-refractivity contribution in [1.82, 2.24) is 9.78 Å². The molecule has 0 aliphatic carbocycles. The first-order chi connectivity index (χ1) is 13.6. The molecule has 1 aliphatic heterocycles. The zero-order valence-corrected chi connectivity index (χ0v) is 15.6. The van der Waals surface area contributed by atoms with Gasteiger partial charge in [-0.1, -0.05) is 6.07 Å². The highest BCUT2D eigenvalue weighted by atomic mass is 19.1. The number of carbonyl (C=O) groups excluding carboxylic acids is 1. The number of aromatic nitrogens is 2. The third-order valence-electron chi connectivity index (χ3n) is 4.73. The zero-order chi connectivity index (χ0) is 19.5. The molecule has 3 aromatic rings. The van der Waals surface area contributed by atoms with Gasteiger partial charge in [-0.2, -0.15) is 5.10 Å². The molecule has 1 amide bonds. The van der Waals surface area contributed by atoms with Crippen LogP contribution in [0.3, 0.4) is 0 Å². The van der Waals surface area contributed by atoms with E-state index in [0.29, 0.717) is 24.6 Å². The summed E-state index contributed by atoms with van der Waals surface area (Å²) < 4.78 is 20.2. The molecule has 0 bridgehead atoms. The third-order valence-corrected chi connectivity index (χ3v) is 4.73. The van der Waals surface area contributed by atoms with E-state index in [1.165, 1.54) is 12.1 Å². The van der Waals surface area contributed by atoms with Crippen molar-refractivity contribution in [2.45, 2.75) is 0 Å². The second-order valence-electron chi connectivity index (χ2n) is 6.65. The summed E-state index contributed by atoms with van der Waals surface area (Å²) in [5.74, 6) is -0.591. The van der Waals surface area contributed by atoms with E-state index in [4.69, 9.17) is 4.74 Å². The fourth-order valence-corrected chi connectivity index (χ4v) is 3.27. The lowest BCUT2D eigenvalue weighted by Gasteiger charge is -2.29. The van der Waals surface area contributed by atoms with Gasteiger partial charge in [0.25, 0.3) is 5.91 Å². The number of rotatable bonds is 4. The lowest BCUT2D eigenvalue weighted by Crippen LogP contribution is -2.36. The van der Waals surface area contributed by atoms with Gasteiger partial charge in [0.15, 0.2) is 5.69 Å². The Balaban J connectivity index is 1.51. The number of morpholine rings is 1. The van der Waals surface area contributed by atoms with Gasteiger partial charge in [0.2, 0.25) is 0 Å². The number of aryl methyl sites for hydroxylation is 1. The number of nitrogens with one attached hydrogen (secondary N) is 1. The topological polar surface area (TPSA) is 59.4 Å². The molecule has 1 aromatic heterocycles. The Bertz CT molecular complexity index is 978. The lowest BCUT2D eigenvalue weighted by atomic mass is 10.1. The van der Waals surface area contributed by atoms with E-state index in [9.17, 15) is 9.18 Å². The minimum absolute atomic E-state index is 0.289. The maximum absolute atomic E-state index is 13.1. The van der Waals surface area contributed by atoms with Crippen LogP contribution in [-0.4, -0.2) is 42.0 Å². The maximum atomic E-state index is 13.1. The number of halogens is 1. The molecule has 0 radical (unpaired) electrons. The van der Waals surface area contributed by atoms with E-state index >= 15 is 0 Å². The van der Waals surface area contributed by atoms with Crippen LogP contribution in [-0.2, 0) is 11.8 Å². The molecule has 0 unspecified atom stereocenters. The average Bonchev–Trinajstić information content (AvgIpc) is 3.11. The van der Waals surface area contributed by atoms with Gasteiger partial charge in [0.1, 0.15) is 5.82 Å². The van der Waals surface area contributed by atoms with Crippen LogP contribution in [0.15, 0.2) is 54.6 Å². The van der Waals surface area contributed by atoms with E-state index in [-0.39, 0.29) is 11.7 Å². The zero-order valence-electron chi connectivity index (χ0n) is 15.6. The van der Waals surface area contributed by atoms with Gasteiger partial charge in [-0.05, 0) is 54.1 Å². The lowest BCUT2D eigenvalue weighted by molar-refractivity contribution is 0.102. The summed E-state index contributed by atoms with van der Waals surface area (Å²) in [5.41, 5.74) is 3.60. The summed E-state index contributed by atoms with van der Waals surface area (Å²) in [4.78, 5) is 14.9. The molecule has 0 atom stereocenters. The van der Waals surface area contributed by atoms with Crippen LogP contribution >= 0.6 is 0 Å². The first-order valence-corrected chi connectivity index (χ1v) is 9.14. The van der Waals surface area contributed by atoms with Crippen LogP contribution in [0.25, 0.3) is 11.3 Å². The Morgan fingerprint density at radius 2 is 1.86 bits per heavy atom. The predicted molar refractivity (Wildman–Crippen MR) is 106 cm³/mol. The quantitative estimate of drug-likeness (QED) is 0.754. The molecule has 1 fully saturated rings. The summed E-state index contributed by atoms with van der Waals surface area (Å²) in [6.07, 6.45) is 0. The first kappa shape index (κ1) is 18.2. The number of carbonyl (C=O) groups is 1. The molecule has 7 heteroatoms. The molecule has 2 aromatic carbocycles. The first-order valence-electron chi connectivity index (χ1n) is 9.14. The van der Waals surface area contributed by atoms with Gasteiger partial charge in [-0.25, -0.2) is 4.39 Å². The summed E-state index contributed by atoms with van der Waals surface area (Å²) in [6.45, 7) is 3.07. The van der Waals surface area contributed by atoms with Gasteiger partial charge >= 0.3 is 0 Å². The number of nitrogens with zero attached hydrogens (tertiary/aromatic N) is 3. The van der Waals surface area contributed by atoms with Crippen molar-refractivity contribution in [3.63, 3.8) is 0 Å². The summed E-state index contributed by atoms with van der Waals surface area (Å²) >= 11 is 0. The third kappa shape index (κ3) is 3.89. The Labute approximate surface area is 162 Å². The summed E-state index contributed by atoms with van der Waals surface area (Å²) in [6, 6.07) is 15.6. The fraction of sp³-hybridized carbons (Fsp3) is 0.238. The van der Waals surface area contributed by atoms with Crippen LogP contribution in [0.4, 0.5) is 15.8 Å². The molecular formula is C21H21FN4O2. The Hall–Kier alpha value is -3.19. The minimum atomic E-state index is -0.302. The summed E-state index contributed by atoms with van der Waals surface area (Å²) in [5, 5.41) is 7.21. The van der Waals surface area contributed by atoms with Crippen molar-refractivity contribution in [1.29, 1.82) is 0 Å². The van der Waals surface area contributed by atoms with E-state index in [1.54, 1.807) is 29.9 Å². The molecule has 6 nitrogen and oxygen atoms in total. The fourth-order valence-electron chi connectivity index (χ4n) is 3.27.